The fourth-order valence-corrected chi connectivity index (χ4v) is 3.64. The highest BCUT2D eigenvalue weighted by Crippen LogP contribution is 2.37. The summed E-state index contributed by atoms with van der Waals surface area (Å²) in [4.78, 5) is 15.8. The topological polar surface area (TPSA) is 99.6 Å². The van der Waals surface area contributed by atoms with Gasteiger partial charge in [0.25, 0.3) is 0 Å². The molecule has 0 aromatic carbocycles. The normalized spacial score (nSPS) is 25.2. The quantitative estimate of drug-likeness (QED) is 0.520. The van der Waals surface area contributed by atoms with Crippen molar-refractivity contribution in [2.75, 3.05) is 12.3 Å². The van der Waals surface area contributed by atoms with Crippen LogP contribution in [-0.4, -0.2) is 41.8 Å². The summed E-state index contributed by atoms with van der Waals surface area (Å²) in [5.74, 6) is 0.202. The van der Waals surface area contributed by atoms with Gasteiger partial charge >= 0.3 is 5.69 Å². The molecule has 0 spiro atoms. The van der Waals surface area contributed by atoms with Crippen molar-refractivity contribution in [3.05, 3.63) is 20.3 Å². The van der Waals surface area contributed by atoms with Crippen LogP contribution in [0.3, 0.4) is 0 Å². The molecule has 1 aliphatic heterocycles. The Bertz CT molecular complexity index is 659. The number of nitrogen functional groups attached to an aromatic ring is 1. The molecule has 2 heterocycles. The summed E-state index contributed by atoms with van der Waals surface area (Å²) >= 11 is 2.02. The van der Waals surface area contributed by atoms with Crippen molar-refractivity contribution in [2.45, 2.75) is 63.8 Å². The summed E-state index contributed by atoms with van der Waals surface area (Å²) in [6.07, 6.45) is 0.252. The summed E-state index contributed by atoms with van der Waals surface area (Å²) in [5.41, 5.74) is 5.17. The number of rotatable bonds is 4. The van der Waals surface area contributed by atoms with Crippen LogP contribution in [0.15, 0.2) is 11.0 Å². The van der Waals surface area contributed by atoms with Crippen LogP contribution in [-0.2, 0) is 9.16 Å². The minimum Gasteiger partial charge on any atom is -0.414 e. The fourth-order valence-electron chi connectivity index (χ4n) is 2.21. The second kappa shape index (κ2) is 7.02. The largest absolute Gasteiger partial charge is 0.414 e. The molecule has 1 aromatic heterocycles. The van der Waals surface area contributed by atoms with E-state index < -0.39 is 32.4 Å². The Labute approximate surface area is 156 Å². The highest BCUT2D eigenvalue weighted by molar-refractivity contribution is 14.1. The zero-order valence-corrected chi connectivity index (χ0v) is 17.9. The molecule has 1 aromatic rings. The molecular formula is C15H26IN3O4Si. The van der Waals surface area contributed by atoms with Crippen LogP contribution in [0, 0.1) is 3.57 Å². The van der Waals surface area contributed by atoms with Gasteiger partial charge in [0.05, 0.1) is 16.3 Å². The number of anilines is 1. The molecule has 136 valence electrons. The number of ether oxygens (including phenoxy) is 1. The third-order valence-electron chi connectivity index (χ3n) is 4.86. The number of aromatic nitrogens is 2. The molecular weight excluding hydrogens is 441 g/mol. The van der Waals surface area contributed by atoms with Crippen LogP contribution in [0.5, 0.6) is 0 Å². The Hall–Kier alpha value is -0.493. The van der Waals surface area contributed by atoms with Gasteiger partial charge in [0.15, 0.2) is 8.32 Å². The minimum absolute atomic E-state index is 0.0872. The zero-order valence-electron chi connectivity index (χ0n) is 14.7. The van der Waals surface area contributed by atoms with E-state index in [1.165, 1.54) is 4.57 Å². The van der Waals surface area contributed by atoms with Crippen LogP contribution >= 0.6 is 22.6 Å². The maximum absolute atomic E-state index is 12.0. The summed E-state index contributed by atoms with van der Waals surface area (Å²) < 4.78 is 14.1. The molecule has 7 nitrogen and oxygen atoms in total. The molecule has 0 amide bonds. The van der Waals surface area contributed by atoms with E-state index in [1.807, 2.05) is 22.6 Å². The maximum Gasteiger partial charge on any atom is 0.351 e. The Kier molecular flexibility index (Phi) is 5.80. The van der Waals surface area contributed by atoms with E-state index >= 15 is 0 Å². The second-order valence-electron chi connectivity index (χ2n) is 7.67. The molecule has 0 radical (unpaired) electrons. The second-order valence-corrected chi connectivity index (χ2v) is 13.6. The third kappa shape index (κ3) is 4.18. The highest BCUT2D eigenvalue weighted by Gasteiger charge is 2.41. The first-order chi connectivity index (χ1) is 10.9. The van der Waals surface area contributed by atoms with E-state index in [0.717, 1.165) is 0 Å². The molecule has 0 saturated carbocycles. The standard InChI is InChI=1S/C15H26IN3O4Si/c1-15(2,3)24(4,5)22-8-11-10(20)6-12(23-11)19-7-9(16)13(17)18-14(19)21/h7,10-12,20H,6,8H2,1-5H3,(H2,17,18,21)/t10-,11+,12+/m0/s1. The predicted molar refractivity (Wildman–Crippen MR) is 103 cm³/mol. The van der Waals surface area contributed by atoms with Gasteiger partial charge in [0, 0.05) is 12.6 Å². The summed E-state index contributed by atoms with van der Waals surface area (Å²) in [7, 11) is -1.92. The Balaban J connectivity index is 2.08. The number of halogens is 1. The van der Waals surface area contributed by atoms with Crippen LogP contribution < -0.4 is 11.4 Å². The SMILES string of the molecule is CC(C)(C)[Si](C)(C)OC[C@H]1O[C@@H](n2cc(I)c(N)nc2=O)C[C@@H]1O. The van der Waals surface area contributed by atoms with Gasteiger partial charge in [0.1, 0.15) is 18.1 Å². The molecule has 1 saturated heterocycles. The fraction of sp³-hybridized carbons (Fsp3) is 0.733. The van der Waals surface area contributed by atoms with E-state index in [-0.39, 0.29) is 10.9 Å². The molecule has 1 fully saturated rings. The van der Waals surface area contributed by atoms with Crippen molar-refractivity contribution < 1.29 is 14.3 Å². The first-order valence-electron chi connectivity index (χ1n) is 7.94. The molecule has 24 heavy (non-hydrogen) atoms. The van der Waals surface area contributed by atoms with Gasteiger partial charge in [-0.2, -0.15) is 4.98 Å². The predicted octanol–water partition coefficient (Wildman–Crippen LogP) is 2.10. The van der Waals surface area contributed by atoms with Gasteiger partial charge in [-0.05, 0) is 40.7 Å². The Morgan fingerprint density at radius 3 is 2.75 bits per heavy atom. The van der Waals surface area contributed by atoms with Gasteiger partial charge in [-0.1, -0.05) is 20.8 Å². The van der Waals surface area contributed by atoms with Crippen molar-refractivity contribution in [3.8, 4) is 0 Å². The monoisotopic (exact) mass is 467 g/mol. The average Bonchev–Trinajstić information content (AvgIpc) is 2.80. The van der Waals surface area contributed by atoms with E-state index in [0.29, 0.717) is 16.6 Å². The average molecular weight is 467 g/mol. The van der Waals surface area contributed by atoms with Crippen LogP contribution in [0.25, 0.3) is 0 Å². The number of aliphatic hydroxyl groups excluding tert-OH is 1. The summed E-state index contributed by atoms with van der Waals surface area (Å²) in [6, 6.07) is 0. The van der Waals surface area contributed by atoms with Crippen molar-refractivity contribution in [3.63, 3.8) is 0 Å². The van der Waals surface area contributed by atoms with Crippen LogP contribution in [0.4, 0.5) is 5.82 Å². The van der Waals surface area contributed by atoms with Gasteiger partial charge in [-0.3, -0.25) is 4.57 Å². The molecule has 0 aliphatic carbocycles. The first kappa shape index (κ1) is 19.8. The maximum atomic E-state index is 12.0. The lowest BCUT2D eigenvalue weighted by atomic mass is 10.2. The first-order valence-corrected chi connectivity index (χ1v) is 11.9. The summed E-state index contributed by atoms with van der Waals surface area (Å²) in [6.45, 7) is 11.1. The van der Waals surface area contributed by atoms with Crippen LogP contribution in [0.1, 0.15) is 33.4 Å². The zero-order chi connectivity index (χ0) is 18.3. The molecule has 9 heteroatoms. The minimum atomic E-state index is -1.92. The van der Waals surface area contributed by atoms with Gasteiger partial charge < -0.3 is 20.0 Å². The lowest BCUT2D eigenvalue weighted by Crippen LogP contribution is -2.43. The highest BCUT2D eigenvalue weighted by atomic mass is 127. The lowest BCUT2D eigenvalue weighted by molar-refractivity contribution is -0.0432. The van der Waals surface area contributed by atoms with Crippen LogP contribution in [0.2, 0.25) is 18.1 Å². The Morgan fingerprint density at radius 2 is 2.17 bits per heavy atom. The molecule has 3 atom stereocenters. The summed E-state index contributed by atoms with van der Waals surface area (Å²) in [5, 5.41) is 10.4. The molecule has 3 N–H and O–H groups in total. The third-order valence-corrected chi connectivity index (χ3v) is 10.2. The van der Waals surface area contributed by atoms with Crippen molar-refractivity contribution in [1.29, 1.82) is 0 Å². The van der Waals surface area contributed by atoms with Crippen molar-refractivity contribution >= 4 is 36.7 Å². The molecule has 0 unspecified atom stereocenters. The van der Waals surface area contributed by atoms with Crippen molar-refractivity contribution in [1.82, 2.24) is 9.55 Å². The van der Waals surface area contributed by atoms with E-state index in [1.54, 1.807) is 6.20 Å². The van der Waals surface area contributed by atoms with Gasteiger partial charge in [-0.15, -0.1) is 0 Å². The molecule has 1 aliphatic rings. The number of nitrogens with zero attached hydrogens (tertiary/aromatic N) is 2. The number of hydrogen-bond donors (Lipinski definition) is 2. The van der Waals surface area contributed by atoms with E-state index in [4.69, 9.17) is 14.9 Å². The van der Waals surface area contributed by atoms with Gasteiger partial charge in [0.2, 0.25) is 0 Å². The van der Waals surface area contributed by atoms with Crippen molar-refractivity contribution in [2.24, 2.45) is 0 Å². The van der Waals surface area contributed by atoms with E-state index in [2.05, 4.69) is 38.8 Å². The number of hydrogen-bond acceptors (Lipinski definition) is 6. The van der Waals surface area contributed by atoms with E-state index in [9.17, 15) is 9.90 Å². The number of nitrogens with two attached hydrogens (primary N) is 1. The molecule has 0 bridgehead atoms. The Morgan fingerprint density at radius 1 is 1.54 bits per heavy atom. The molecule has 2 rings (SSSR count). The smallest absolute Gasteiger partial charge is 0.351 e. The number of aliphatic hydroxyl groups is 1. The van der Waals surface area contributed by atoms with Gasteiger partial charge in [-0.25, -0.2) is 4.79 Å². The lowest BCUT2D eigenvalue weighted by Gasteiger charge is -2.37.